The number of carbonyl (C=O) groups is 1. The molecule has 8 nitrogen and oxygen atoms in total. The lowest BCUT2D eigenvalue weighted by Gasteiger charge is -2.11. The van der Waals surface area contributed by atoms with Crippen LogP contribution in [0.2, 0.25) is 0 Å². The second-order valence-electron chi connectivity index (χ2n) is 7.02. The van der Waals surface area contributed by atoms with Gasteiger partial charge in [0.15, 0.2) is 5.82 Å². The summed E-state index contributed by atoms with van der Waals surface area (Å²) in [6.07, 6.45) is 4.03. The van der Waals surface area contributed by atoms with Crippen molar-refractivity contribution in [3.63, 3.8) is 0 Å². The van der Waals surface area contributed by atoms with Crippen LogP contribution in [0.5, 0.6) is 0 Å². The van der Waals surface area contributed by atoms with Crippen LogP contribution in [0.1, 0.15) is 41.3 Å². The molecule has 0 radical (unpaired) electrons. The van der Waals surface area contributed by atoms with Crippen molar-refractivity contribution >= 4 is 17.5 Å². The molecular formula is C20H22FN7O. The topological polar surface area (TPSA) is 97.6 Å². The number of rotatable bonds is 4. The van der Waals surface area contributed by atoms with Crippen molar-refractivity contribution in [1.82, 2.24) is 24.7 Å². The van der Waals surface area contributed by atoms with E-state index in [2.05, 4.69) is 30.8 Å². The second kappa shape index (κ2) is 7.94. The number of halogens is 1. The van der Waals surface area contributed by atoms with E-state index in [1.807, 2.05) is 4.57 Å². The lowest BCUT2D eigenvalue weighted by atomic mass is 10.1. The Labute approximate surface area is 167 Å². The van der Waals surface area contributed by atoms with E-state index in [0.717, 1.165) is 38.1 Å². The van der Waals surface area contributed by atoms with E-state index in [-0.39, 0.29) is 5.69 Å². The van der Waals surface area contributed by atoms with E-state index in [1.54, 1.807) is 26.1 Å². The van der Waals surface area contributed by atoms with Crippen LogP contribution in [0.25, 0.3) is 11.4 Å². The number of nitrogens with one attached hydrogen (secondary N) is 2. The first-order chi connectivity index (χ1) is 14.0. The Balaban J connectivity index is 1.64. The fourth-order valence-corrected chi connectivity index (χ4v) is 3.45. The summed E-state index contributed by atoms with van der Waals surface area (Å²) < 4.78 is 16.6. The van der Waals surface area contributed by atoms with Crippen LogP contribution in [0.4, 0.5) is 16.0 Å². The van der Waals surface area contributed by atoms with Gasteiger partial charge < -0.3 is 15.2 Å². The molecule has 9 heteroatoms. The Hall–Kier alpha value is -3.36. The average Bonchev–Trinajstić information content (AvgIpc) is 2.96. The largest absolute Gasteiger partial charge is 0.357 e. The number of nitrogens with zero attached hydrogens (tertiary/aromatic N) is 5. The van der Waals surface area contributed by atoms with E-state index in [9.17, 15) is 9.18 Å². The maximum atomic E-state index is 14.6. The van der Waals surface area contributed by atoms with Crippen molar-refractivity contribution in [2.75, 3.05) is 17.7 Å². The maximum absolute atomic E-state index is 14.6. The van der Waals surface area contributed by atoms with Crippen molar-refractivity contribution < 1.29 is 9.18 Å². The molecule has 0 bridgehead atoms. The first-order valence-electron chi connectivity index (χ1n) is 9.62. The highest BCUT2D eigenvalue weighted by Crippen LogP contribution is 2.27. The fraction of sp³-hybridized carbons (Fsp3) is 0.350. The normalized spacial score (nSPS) is 13.5. The van der Waals surface area contributed by atoms with Gasteiger partial charge in [-0.3, -0.25) is 4.79 Å². The van der Waals surface area contributed by atoms with Gasteiger partial charge >= 0.3 is 0 Å². The number of aryl methyl sites for hydroxylation is 2. The van der Waals surface area contributed by atoms with E-state index in [0.29, 0.717) is 28.7 Å². The predicted octanol–water partition coefficient (Wildman–Crippen LogP) is 3.20. The van der Waals surface area contributed by atoms with Crippen LogP contribution in [-0.4, -0.2) is 37.7 Å². The fourth-order valence-electron chi connectivity index (χ4n) is 3.45. The minimum atomic E-state index is -0.405. The van der Waals surface area contributed by atoms with E-state index < -0.39 is 11.7 Å². The highest BCUT2D eigenvalue weighted by atomic mass is 19.1. The molecule has 0 unspecified atom stereocenters. The monoisotopic (exact) mass is 395 g/mol. The van der Waals surface area contributed by atoms with Crippen LogP contribution in [0.3, 0.4) is 0 Å². The van der Waals surface area contributed by atoms with Gasteiger partial charge in [-0.05, 0) is 44.0 Å². The molecule has 0 aliphatic carbocycles. The van der Waals surface area contributed by atoms with E-state index in [4.69, 9.17) is 0 Å². The smallest absolute Gasteiger partial charge is 0.274 e. The number of anilines is 2. The third-order valence-corrected chi connectivity index (χ3v) is 4.89. The van der Waals surface area contributed by atoms with Gasteiger partial charge in [-0.25, -0.2) is 14.4 Å². The molecule has 1 aliphatic rings. The number of hydrogen-bond acceptors (Lipinski definition) is 6. The summed E-state index contributed by atoms with van der Waals surface area (Å²) in [5, 5.41) is 14.1. The molecule has 0 atom stereocenters. The molecule has 0 fully saturated rings. The number of carbonyl (C=O) groups excluding carboxylic acids is 1. The van der Waals surface area contributed by atoms with Gasteiger partial charge in [-0.2, -0.15) is 0 Å². The summed E-state index contributed by atoms with van der Waals surface area (Å²) in [6, 6.07) is 6.03. The number of aromatic nitrogens is 5. The van der Waals surface area contributed by atoms with Crippen molar-refractivity contribution in [2.45, 2.75) is 39.2 Å². The number of benzene rings is 1. The van der Waals surface area contributed by atoms with Gasteiger partial charge in [0, 0.05) is 31.4 Å². The maximum Gasteiger partial charge on any atom is 0.274 e. The Kier molecular flexibility index (Phi) is 5.20. The second-order valence-corrected chi connectivity index (χ2v) is 7.02. The summed E-state index contributed by atoms with van der Waals surface area (Å²) in [5.74, 6) is 0.928. The predicted molar refractivity (Wildman–Crippen MR) is 107 cm³/mol. The van der Waals surface area contributed by atoms with Crippen LogP contribution >= 0.6 is 0 Å². The van der Waals surface area contributed by atoms with Gasteiger partial charge in [-0.15, -0.1) is 10.2 Å². The summed E-state index contributed by atoms with van der Waals surface area (Å²) in [5.41, 5.74) is 1.67. The standard InChI is InChI=1S/C20H22FN7O/c1-12-10-16(25-20(22-2)23-12)19(29)24-13-7-8-15(21)14(11-13)18-27-26-17-6-4-3-5-9-28(17)18/h7-8,10-11H,3-6,9H2,1-2H3,(H,24,29)(H,22,23,25). The zero-order chi connectivity index (χ0) is 20.4. The third-order valence-electron chi connectivity index (χ3n) is 4.89. The molecule has 0 saturated heterocycles. The SMILES string of the molecule is CNc1nc(C)cc(C(=O)Nc2ccc(F)c(-c3nnc4n3CCCCC4)c2)n1. The van der Waals surface area contributed by atoms with Crippen LogP contribution in [0.15, 0.2) is 24.3 Å². The van der Waals surface area contributed by atoms with Gasteiger partial charge in [-0.1, -0.05) is 6.42 Å². The van der Waals surface area contributed by atoms with Crippen molar-refractivity contribution in [3.05, 3.63) is 47.3 Å². The first kappa shape index (κ1) is 19.0. The summed E-state index contributed by atoms with van der Waals surface area (Å²) >= 11 is 0. The van der Waals surface area contributed by atoms with Gasteiger partial charge in [0.05, 0.1) is 5.56 Å². The molecule has 0 spiro atoms. The lowest BCUT2D eigenvalue weighted by molar-refractivity contribution is 0.102. The molecule has 0 saturated carbocycles. The highest BCUT2D eigenvalue weighted by Gasteiger charge is 2.19. The van der Waals surface area contributed by atoms with Gasteiger partial charge in [0.2, 0.25) is 5.95 Å². The van der Waals surface area contributed by atoms with Crippen molar-refractivity contribution in [1.29, 1.82) is 0 Å². The average molecular weight is 395 g/mol. The van der Waals surface area contributed by atoms with Crippen molar-refractivity contribution in [2.24, 2.45) is 0 Å². The molecule has 1 amide bonds. The summed E-state index contributed by atoms with van der Waals surface area (Å²) in [7, 11) is 1.68. The molecule has 1 aromatic carbocycles. The van der Waals surface area contributed by atoms with Crippen molar-refractivity contribution in [3.8, 4) is 11.4 Å². The lowest BCUT2D eigenvalue weighted by Crippen LogP contribution is -2.15. The molecule has 2 N–H and O–H groups in total. The number of hydrogen-bond donors (Lipinski definition) is 2. The van der Waals surface area contributed by atoms with Crippen LogP contribution in [-0.2, 0) is 13.0 Å². The summed E-state index contributed by atoms with van der Waals surface area (Å²) in [4.78, 5) is 21.0. The number of fused-ring (bicyclic) bond motifs is 1. The van der Waals surface area contributed by atoms with Gasteiger partial charge in [0.1, 0.15) is 17.3 Å². The molecule has 4 rings (SSSR count). The zero-order valence-corrected chi connectivity index (χ0v) is 16.4. The van der Waals surface area contributed by atoms with E-state index >= 15 is 0 Å². The highest BCUT2D eigenvalue weighted by molar-refractivity contribution is 6.03. The Morgan fingerprint density at radius 3 is 2.83 bits per heavy atom. The molecule has 2 aromatic heterocycles. The van der Waals surface area contributed by atoms with E-state index in [1.165, 1.54) is 12.1 Å². The third kappa shape index (κ3) is 3.94. The Bertz CT molecular complexity index is 1060. The molecule has 1 aliphatic heterocycles. The molecule has 3 heterocycles. The first-order valence-corrected chi connectivity index (χ1v) is 9.62. The summed E-state index contributed by atoms with van der Waals surface area (Å²) in [6.45, 7) is 2.55. The quantitative estimate of drug-likeness (QED) is 0.704. The Morgan fingerprint density at radius 2 is 2.00 bits per heavy atom. The van der Waals surface area contributed by atoms with Crippen LogP contribution in [0, 0.1) is 12.7 Å². The van der Waals surface area contributed by atoms with Crippen LogP contribution < -0.4 is 10.6 Å². The van der Waals surface area contributed by atoms with Gasteiger partial charge in [0.25, 0.3) is 5.91 Å². The molecule has 29 heavy (non-hydrogen) atoms. The molecule has 150 valence electrons. The zero-order valence-electron chi connectivity index (χ0n) is 16.4. The Morgan fingerprint density at radius 1 is 1.14 bits per heavy atom. The minimum Gasteiger partial charge on any atom is -0.357 e. The molecular weight excluding hydrogens is 373 g/mol. The minimum absolute atomic E-state index is 0.226. The molecule has 3 aromatic rings. The number of amides is 1.